The minimum Gasteiger partial charge on any atom is -0.507 e. The Morgan fingerprint density at radius 1 is 1.33 bits per heavy atom. The third kappa shape index (κ3) is 1.29. The molecule has 0 saturated heterocycles. The first-order chi connectivity index (χ1) is 7.18. The van der Waals surface area contributed by atoms with E-state index in [1.807, 2.05) is 0 Å². The van der Waals surface area contributed by atoms with Gasteiger partial charge in [0, 0.05) is 5.56 Å². The van der Waals surface area contributed by atoms with Crippen molar-refractivity contribution in [1.82, 2.24) is 0 Å². The summed E-state index contributed by atoms with van der Waals surface area (Å²) in [7, 11) is 0. The maximum Gasteiger partial charge on any atom is 0.122 e. The molecule has 2 aliphatic rings. The molecule has 1 heteroatoms. The van der Waals surface area contributed by atoms with Gasteiger partial charge in [-0.25, -0.2) is 0 Å². The van der Waals surface area contributed by atoms with Gasteiger partial charge in [0.25, 0.3) is 0 Å². The molecule has 2 aliphatic carbocycles. The van der Waals surface area contributed by atoms with Crippen molar-refractivity contribution in [2.45, 2.75) is 44.9 Å². The first kappa shape index (κ1) is 9.26. The number of phenolic OH excluding ortho intramolecular Hbond substituents is 1. The average Bonchev–Trinajstić information content (AvgIpc) is 2.98. The zero-order valence-corrected chi connectivity index (χ0v) is 9.46. The molecule has 1 saturated carbocycles. The molecule has 1 nitrogen and oxygen atoms in total. The normalized spacial score (nSPS) is 25.6. The molecule has 1 N–H and O–H groups in total. The van der Waals surface area contributed by atoms with E-state index in [9.17, 15) is 5.11 Å². The van der Waals surface area contributed by atoms with Crippen molar-refractivity contribution >= 4 is 0 Å². The molecule has 0 spiro atoms. The first-order valence-corrected chi connectivity index (χ1v) is 6.03. The van der Waals surface area contributed by atoms with Gasteiger partial charge in [0.05, 0.1) is 0 Å². The zero-order chi connectivity index (χ0) is 10.6. The second-order valence-corrected chi connectivity index (χ2v) is 5.31. The highest BCUT2D eigenvalue weighted by atomic mass is 16.3. The van der Waals surface area contributed by atoms with Gasteiger partial charge in [-0.05, 0) is 48.1 Å². The van der Waals surface area contributed by atoms with Crippen LogP contribution in [0, 0.1) is 5.92 Å². The van der Waals surface area contributed by atoms with Gasteiger partial charge in [0.2, 0.25) is 0 Å². The van der Waals surface area contributed by atoms with E-state index in [0.717, 1.165) is 12.3 Å². The number of fused-ring (bicyclic) bond motifs is 1. The second kappa shape index (κ2) is 3.01. The topological polar surface area (TPSA) is 20.2 Å². The van der Waals surface area contributed by atoms with Crippen LogP contribution < -0.4 is 0 Å². The highest BCUT2D eigenvalue weighted by Gasteiger charge is 2.33. The molecular formula is C14H18O. The molecule has 0 radical (unpaired) electrons. The zero-order valence-electron chi connectivity index (χ0n) is 9.46. The molecule has 3 rings (SSSR count). The number of hydrogen-bond acceptors (Lipinski definition) is 1. The minimum absolute atomic E-state index is 0.545. The lowest BCUT2D eigenvalue weighted by atomic mass is 9.75. The van der Waals surface area contributed by atoms with Gasteiger partial charge in [-0.15, -0.1) is 0 Å². The Morgan fingerprint density at radius 3 is 2.67 bits per heavy atom. The Labute approximate surface area is 91.1 Å². The second-order valence-electron chi connectivity index (χ2n) is 5.31. The lowest BCUT2D eigenvalue weighted by Crippen LogP contribution is -2.15. The maximum absolute atomic E-state index is 10.2. The van der Waals surface area contributed by atoms with Gasteiger partial charge in [0.15, 0.2) is 0 Å². The molecule has 0 amide bonds. The average molecular weight is 202 g/mol. The molecule has 1 aromatic rings. The molecule has 0 unspecified atom stereocenters. The summed E-state index contributed by atoms with van der Waals surface area (Å²) in [5.74, 6) is 2.53. The quantitative estimate of drug-likeness (QED) is 0.777. The minimum atomic E-state index is 0.545. The number of phenols is 1. The van der Waals surface area contributed by atoms with Crippen LogP contribution in [0.15, 0.2) is 12.1 Å². The fraction of sp³-hybridized carbons (Fsp3) is 0.571. The van der Waals surface area contributed by atoms with Gasteiger partial charge >= 0.3 is 0 Å². The summed E-state index contributed by atoms with van der Waals surface area (Å²) < 4.78 is 0. The smallest absolute Gasteiger partial charge is 0.122 e. The van der Waals surface area contributed by atoms with E-state index >= 15 is 0 Å². The van der Waals surface area contributed by atoms with Crippen molar-refractivity contribution in [3.63, 3.8) is 0 Å². The lowest BCUT2D eigenvalue weighted by Gasteiger charge is -2.30. The number of aromatic hydroxyl groups is 1. The van der Waals surface area contributed by atoms with E-state index < -0.39 is 0 Å². The molecular weight excluding hydrogens is 184 g/mol. The van der Waals surface area contributed by atoms with E-state index in [2.05, 4.69) is 26.0 Å². The summed E-state index contributed by atoms with van der Waals surface area (Å²) in [6.45, 7) is 4.45. The van der Waals surface area contributed by atoms with Crippen LogP contribution in [0.25, 0.3) is 0 Å². The molecule has 2 atom stereocenters. The summed E-state index contributed by atoms with van der Waals surface area (Å²) in [5.41, 5.74) is 3.76. The molecule has 15 heavy (non-hydrogen) atoms. The summed E-state index contributed by atoms with van der Waals surface area (Å²) in [4.78, 5) is 0. The van der Waals surface area contributed by atoms with E-state index in [-0.39, 0.29) is 0 Å². The number of benzene rings is 1. The van der Waals surface area contributed by atoms with Crippen LogP contribution in [0.5, 0.6) is 5.75 Å². The van der Waals surface area contributed by atoms with E-state index in [1.165, 1.54) is 29.5 Å². The Hall–Kier alpha value is -0.980. The predicted octanol–water partition coefficient (Wildman–Crippen LogP) is 3.57. The van der Waals surface area contributed by atoms with Crippen LogP contribution in [0.4, 0.5) is 0 Å². The van der Waals surface area contributed by atoms with Crippen LogP contribution in [0.3, 0.4) is 0 Å². The SMILES string of the molecule is C[C@H](c1ccc2c(c1O)[C@@H](C)C2)C1CC1. The molecule has 1 aromatic carbocycles. The van der Waals surface area contributed by atoms with Gasteiger partial charge in [-0.3, -0.25) is 0 Å². The lowest BCUT2D eigenvalue weighted by molar-refractivity contribution is 0.436. The van der Waals surface area contributed by atoms with Gasteiger partial charge in [-0.1, -0.05) is 26.0 Å². The van der Waals surface area contributed by atoms with Crippen LogP contribution in [0.1, 0.15) is 55.2 Å². The predicted molar refractivity (Wildman–Crippen MR) is 61.4 cm³/mol. The van der Waals surface area contributed by atoms with Crippen molar-refractivity contribution in [2.24, 2.45) is 5.92 Å². The van der Waals surface area contributed by atoms with Gasteiger partial charge in [-0.2, -0.15) is 0 Å². The Morgan fingerprint density at radius 2 is 2.07 bits per heavy atom. The highest BCUT2D eigenvalue weighted by Crippen LogP contribution is 2.49. The van der Waals surface area contributed by atoms with Gasteiger partial charge < -0.3 is 5.11 Å². The van der Waals surface area contributed by atoms with E-state index in [0.29, 0.717) is 17.6 Å². The Kier molecular flexibility index (Phi) is 1.86. The summed E-state index contributed by atoms with van der Waals surface area (Å²) >= 11 is 0. The summed E-state index contributed by atoms with van der Waals surface area (Å²) in [6, 6.07) is 4.35. The van der Waals surface area contributed by atoms with Crippen molar-refractivity contribution in [2.75, 3.05) is 0 Å². The van der Waals surface area contributed by atoms with E-state index in [4.69, 9.17) is 0 Å². The molecule has 1 fully saturated rings. The fourth-order valence-electron chi connectivity index (χ4n) is 2.91. The monoisotopic (exact) mass is 202 g/mol. The Bertz CT molecular complexity index is 404. The molecule has 0 bridgehead atoms. The summed E-state index contributed by atoms with van der Waals surface area (Å²) in [6.07, 6.45) is 3.82. The maximum atomic E-state index is 10.2. The molecule has 0 heterocycles. The third-order valence-corrected chi connectivity index (χ3v) is 4.18. The van der Waals surface area contributed by atoms with E-state index in [1.54, 1.807) is 0 Å². The highest BCUT2D eigenvalue weighted by molar-refractivity contribution is 5.54. The molecule has 0 aliphatic heterocycles. The third-order valence-electron chi connectivity index (χ3n) is 4.18. The summed E-state index contributed by atoms with van der Waals surface area (Å²) in [5, 5.41) is 10.2. The van der Waals surface area contributed by atoms with Crippen LogP contribution in [0.2, 0.25) is 0 Å². The Balaban J connectivity index is 2.01. The van der Waals surface area contributed by atoms with Crippen LogP contribution in [-0.4, -0.2) is 5.11 Å². The first-order valence-electron chi connectivity index (χ1n) is 6.03. The van der Waals surface area contributed by atoms with Crippen molar-refractivity contribution < 1.29 is 5.11 Å². The number of hydrogen-bond donors (Lipinski definition) is 1. The number of rotatable bonds is 2. The largest absolute Gasteiger partial charge is 0.507 e. The van der Waals surface area contributed by atoms with Gasteiger partial charge in [0.1, 0.15) is 5.75 Å². The van der Waals surface area contributed by atoms with Crippen molar-refractivity contribution in [1.29, 1.82) is 0 Å². The van der Waals surface area contributed by atoms with Crippen molar-refractivity contribution in [3.05, 3.63) is 28.8 Å². The molecule has 0 aromatic heterocycles. The molecule has 80 valence electrons. The standard InChI is InChI=1S/C14H18O/c1-8-7-11-5-6-12(14(15)13(8)11)9(2)10-3-4-10/h5-6,8-10,15H,3-4,7H2,1-2H3/t8-,9-/m0/s1. The van der Waals surface area contributed by atoms with Crippen LogP contribution >= 0.6 is 0 Å². The van der Waals surface area contributed by atoms with Crippen LogP contribution in [-0.2, 0) is 6.42 Å². The fourth-order valence-corrected chi connectivity index (χ4v) is 2.91. The van der Waals surface area contributed by atoms with Crippen molar-refractivity contribution in [3.8, 4) is 5.75 Å².